The van der Waals surface area contributed by atoms with Crippen LogP contribution in [0.3, 0.4) is 0 Å². The molecule has 2 aromatic rings. The molecule has 0 aliphatic carbocycles. The average molecular weight is 345 g/mol. The van der Waals surface area contributed by atoms with Crippen LogP contribution in [0.4, 0.5) is 11.4 Å². The molecular formula is C17H17BrN2O. The zero-order chi connectivity index (χ0) is 15.2. The van der Waals surface area contributed by atoms with E-state index in [9.17, 15) is 4.79 Å². The third-order valence-electron chi connectivity index (χ3n) is 3.07. The highest BCUT2D eigenvalue weighted by Gasteiger charge is 2.04. The van der Waals surface area contributed by atoms with Crippen molar-refractivity contribution in [2.45, 2.75) is 13.3 Å². The van der Waals surface area contributed by atoms with E-state index in [2.05, 4.69) is 28.2 Å². The van der Waals surface area contributed by atoms with Crippen molar-refractivity contribution in [3.63, 3.8) is 0 Å². The van der Waals surface area contributed by atoms with Crippen molar-refractivity contribution in [1.82, 2.24) is 0 Å². The first-order valence-corrected chi connectivity index (χ1v) is 7.51. The fraction of sp³-hybridized carbons (Fsp3) is 0.118. The van der Waals surface area contributed by atoms with E-state index in [1.54, 1.807) is 6.08 Å². The van der Waals surface area contributed by atoms with Crippen molar-refractivity contribution in [3.05, 3.63) is 64.1 Å². The minimum atomic E-state index is -0.149. The summed E-state index contributed by atoms with van der Waals surface area (Å²) in [5.41, 5.74) is 9.20. The van der Waals surface area contributed by atoms with Gasteiger partial charge in [0.15, 0.2) is 0 Å². The zero-order valence-corrected chi connectivity index (χ0v) is 13.4. The first-order valence-electron chi connectivity index (χ1n) is 6.71. The van der Waals surface area contributed by atoms with E-state index in [0.717, 1.165) is 27.7 Å². The predicted molar refractivity (Wildman–Crippen MR) is 92.0 cm³/mol. The number of nitrogens with one attached hydrogen (secondary N) is 1. The number of aryl methyl sites for hydroxylation is 1. The molecule has 0 aromatic heterocycles. The first kappa shape index (κ1) is 15.3. The van der Waals surface area contributed by atoms with Crippen LogP contribution in [0.25, 0.3) is 6.08 Å². The molecule has 21 heavy (non-hydrogen) atoms. The lowest BCUT2D eigenvalue weighted by atomic mass is 10.1. The van der Waals surface area contributed by atoms with Crippen molar-refractivity contribution in [3.8, 4) is 0 Å². The van der Waals surface area contributed by atoms with Gasteiger partial charge in [-0.2, -0.15) is 0 Å². The standard InChI is InChI=1S/C17H17BrN2O/c1-2-13-11-14(18)6-9-16(13)20-17(21)10-5-12-3-7-15(19)8-4-12/h3-11H,2,19H2,1H3,(H,20,21)/b10-5+. The molecule has 3 N–H and O–H groups in total. The van der Waals surface area contributed by atoms with Crippen LogP contribution in [0.15, 0.2) is 53.0 Å². The Morgan fingerprint density at radius 2 is 1.95 bits per heavy atom. The second-order valence-corrected chi connectivity index (χ2v) is 5.56. The highest BCUT2D eigenvalue weighted by atomic mass is 79.9. The van der Waals surface area contributed by atoms with Crippen LogP contribution in [0.1, 0.15) is 18.1 Å². The number of carbonyl (C=O) groups is 1. The summed E-state index contributed by atoms with van der Waals surface area (Å²) in [4.78, 5) is 12.0. The van der Waals surface area contributed by atoms with E-state index in [1.165, 1.54) is 6.08 Å². The number of carbonyl (C=O) groups excluding carboxylic acids is 1. The zero-order valence-electron chi connectivity index (χ0n) is 11.8. The normalized spacial score (nSPS) is 10.8. The van der Waals surface area contributed by atoms with Gasteiger partial charge in [-0.3, -0.25) is 4.79 Å². The molecule has 0 aliphatic rings. The summed E-state index contributed by atoms with van der Waals surface area (Å²) in [5, 5.41) is 2.90. The van der Waals surface area contributed by atoms with Gasteiger partial charge in [-0.15, -0.1) is 0 Å². The average Bonchev–Trinajstić information content (AvgIpc) is 2.48. The van der Waals surface area contributed by atoms with E-state index in [-0.39, 0.29) is 5.91 Å². The van der Waals surface area contributed by atoms with Crippen LogP contribution in [0.2, 0.25) is 0 Å². The minimum absolute atomic E-state index is 0.149. The number of anilines is 2. The minimum Gasteiger partial charge on any atom is -0.399 e. The van der Waals surface area contributed by atoms with Crippen LogP contribution >= 0.6 is 15.9 Å². The number of hydrogen-bond acceptors (Lipinski definition) is 2. The predicted octanol–water partition coefficient (Wildman–Crippen LogP) is 4.25. The molecule has 1 amide bonds. The fourth-order valence-electron chi connectivity index (χ4n) is 1.93. The molecular weight excluding hydrogens is 328 g/mol. The molecule has 0 atom stereocenters. The summed E-state index contributed by atoms with van der Waals surface area (Å²) < 4.78 is 1.01. The van der Waals surface area contributed by atoms with Crippen LogP contribution in [-0.2, 0) is 11.2 Å². The Morgan fingerprint density at radius 1 is 1.24 bits per heavy atom. The largest absolute Gasteiger partial charge is 0.399 e. The lowest BCUT2D eigenvalue weighted by Crippen LogP contribution is -2.09. The first-order chi connectivity index (χ1) is 10.1. The topological polar surface area (TPSA) is 55.1 Å². The second kappa shape index (κ2) is 7.09. The Balaban J connectivity index is 2.06. The Kier molecular flexibility index (Phi) is 5.17. The van der Waals surface area contributed by atoms with Crippen molar-refractivity contribution < 1.29 is 4.79 Å². The summed E-state index contributed by atoms with van der Waals surface area (Å²) >= 11 is 3.43. The van der Waals surface area contributed by atoms with Crippen LogP contribution in [0, 0.1) is 0 Å². The molecule has 0 saturated heterocycles. The highest BCUT2D eigenvalue weighted by molar-refractivity contribution is 9.10. The second-order valence-electron chi connectivity index (χ2n) is 4.64. The van der Waals surface area contributed by atoms with Crippen molar-refractivity contribution in [1.29, 1.82) is 0 Å². The number of nitrogen functional groups attached to an aromatic ring is 1. The van der Waals surface area contributed by atoms with Gasteiger partial charge in [-0.1, -0.05) is 35.0 Å². The molecule has 0 aliphatic heterocycles. The third kappa shape index (κ3) is 4.46. The van der Waals surface area contributed by atoms with Crippen LogP contribution in [-0.4, -0.2) is 5.91 Å². The fourth-order valence-corrected chi connectivity index (χ4v) is 2.34. The van der Waals surface area contributed by atoms with E-state index in [4.69, 9.17) is 5.73 Å². The Morgan fingerprint density at radius 3 is 2.62 bits per heavy atom. The van der Waals surface area contributed by atoms with Gasteiger partial charge in [-0.25, -0.2) is 0 Å². The molecule has 4 heteroatoms. The Bertz CT molecular complexity index is 663. The van der Waals surface area contributed by atoms with Gasteiger partial charge in [0.25, 0.3) is 0 Å². The summed E-state index contributed by atoms with van der Waals surface area (Å²) in [6, 6.07) is 13.2. The van der Waals surface area contributed by atoms with E-state index < -0.39 is 0 Å². The van der Waals surface area contributed by atoms with Gasteiger partial charge in [0.05, 0.1) is 0 Å². The maximum absolute atomic E-state index is 12.0. The molecule has 0 spiro atoms. The SMILES string of the molecule is CCc1cc(Br)ccc1NC(=O)/C=C/c1ccc(N)cc1. The quantitative estimate of drug-likeness (QED) is 0.643. The number of hydrogen-bond donors (Lipinski definition) is 2. The molecule has 0 radical (unpaired) electrons. The summed E-state index contributed by atoms with van der Waals surface area (Å²) in [6.45, 7) is 2.06. The number of rotatable bonds is 4. The summed E-state index contributed by atoms with van der Waals surface area (Å²) in [6.07, 6.45) is 4.14. The number of halogens is 1. The molecule has 0 heterocycles. The summed E-state index contributed by atoms with van der Waals surface area (Å²) in [7, 11) is 0. The molecule has 2 aromatic carbocycles. The Hall–Kier alpha value is -2.07. The Labute approximate surface area is 133 Å². The van der Waals surface area contributed by atoms with E-state index in [0.29, 0.717) is 5.69 Å². The van der Waals surface area contributed by atoms with Gasteiger partial charge in [0, 0.05) is 21.9 Å². The monoisotopic (exact) mass is 344 g/mol. The molecule has 0 saturated carbocycles. The maximum Gasteiger partial charge on any atom is 0.248 e. The highest BCUT2D eigenvalue weighted by Crippen LogP contribution is 2.21. The number of nitrogens with two attached hydrogens (primary N) is 1. The van der Waals surface area contributed by atoms with Gasteiger partial charge in [-0.05, 0) is 54.0 Å². The van der Waals surface area contributed by atoms with Crippen LogP contribution < -0.4 is 11.1 Å². The van der Waals surface area contributed by atoms with E-state index >= 15 is 0 Å². The summed E-state index contributed by atoms with van der Waals surface area (Å²) in [5.74, 6) is -0.149. The lowest BCUT2D eigenvalue weighted by Gasteiger charge is -2.08. The maximum atomic E-state index is 12.0. The third-order valence-corrected chi connectivity index (χ3v) is 3.56. The molecule has 0 unspecified atom stereocenters. The van der Waals surface area contributed by atoms with Crippen LogP contribution in [0.5, 0.6) is 0 Å². The molecule has 0 bridgehead atoms. The van der Waals surface area contributed by atoms with Crippen molar-refractivity contribution >= 4 is 39.3 Å². The van der Waals surface area contributed by atoms with Gasteiger partial charge >= 0.3 is 0 Å². The molecule has 3 nitrogen and oxygen atoms in total. The van der Waals surface area contributed by atoms with Crippen molar-refractivity contribution in [2.24, 2.45) is 0 Å². The van der Waals surface area contributed by atoms with Gasteiger partial charge in [0.2, 0.25) is 5.91 Å². The number of benzene rings is 2. The smallest absolute Gasteiger partial charge is 0.248 e. The molecule has 0 fully saturated rings. The molecule has 108 valence electrons. The number of amides is 1. The van der Waals surface area contributed by atoms with Gasteiger partial charge < -0.3 is 11.1 Å². The lowest BCUT2D eigenvalue weighted by molar-refractivity contribution is -0.111. The van der Waals surface area contributed by atoms with Crippen molar-refractivity contribution in [2.75, 3.05) is 11.1 Å². The van der Waals surface area contributed by atoms with E-state index in [1.807, 2.05) is 42.5 Å². The molecule has 2 rings (SSSR count). The van der Waals surface area contributed by atoms with Gasteiger partial charge in [0.1, 0.15) is 0 Å².